The Bertz CT molecular complexity index is 1320. The summed E-state index contributed by atoms with van der Waals surface area (Å²) in [6.07, 6.45) is 1.66. The van der Waals surface area contributed by atoms with E-state index < -0.39 is 0 Å². The minimum atomic E-state index is 0.394. The first-order chi connectivity index (χ1) is 15.5. The lowest BCUT2D eigenvalue weighted by atomic mass is 10.0. The zero-order valence-electron chi connectivity index (χ0n) is 17.6. The van der Waals surface area contributed by atoms with Crippen LogP contribution in [0.25, 0.3) is 28.6 Å². The van der Waals surface area contributed by atoms with Gasteiger partial charge in [0, 0.05) is 28.2 Å². The number of nitrogen functional groups attached to an aromatic ring is 1. The Kier molecular flexibility index (Phi) is 6.05. The van der Waals surface area contributed by atoms with E-state index in [-0.39, 0.29) is 0 Å². The molecule has 0 bridgehead atoms. The maximum atomic E-state index is 7.93. The van der Waals surface area contributed by atoms with E-state index in [0.29, 0.717) is 39.2 Å². The second kappa shape index (κ2) is 9.08. The summed E-state index contributed by atoms with van der Waals surface area (Å²) in [5.41, 5.74) is 12.1. The van der Waals surface area contributed by atoms with E-state index in [0.717, 1.165) is 22.4 Å². The molecule has 4 N–H and O–H groups in total. The molecule has 0 amide bonds. The standard InChI is InChI=1S/C26H23N5S/c1-3-23-24(32)26(29-20-12-13-22(28)21(15-20)16(2)27)31-25(30-23)19-11-7-10-18(14-19)17-8-5-4-6-9-17/h3-15,27,32H,1,28H2,2H3,(H,29,30,31). The van der Waals surface area contributed by atoms with Crippen LogP contribution in [0.15, 0.2) is 84.3 Å². The summed E-state index contributed by atoms with van der Waals surface area (Å²) in [5, 5.41) is 11.2. The summed E-state index contributed by atoms with van der Waals surface area (Å²) in [4.78, 5) is 10.00. The Morgan fingerprint density at radius 2 is 1.69 bits per heavy atom. The molecule has 0 saturated heterocycles. The molecule has 1 aromatic heterocycles. The molecule has 0 fully saturated rings. The summed E-state index contributed by atoms with van der Waals surface area (Å²) in [6, 6.07) is 23.7. The molecule has 32 heavy (non-hydrogen) atoms. The van der Waals surface area contributed by atoms with Gasteiger partial charge in [0.05, 0.1) is 10.6 Å². The van der Waals surface area contributed by atoms with E-state index in [1.807, 2.05) is 42.5 Å². The summed E-state index contributed by atoms with van der Waals surface area (Å²) < 4.78 is 0. The lowest BCUT2D eigenvalue weighted by Gasteiger charge is -2.14. The van der Waals surface area contributed by atoms with Crippen molar-refractivity contribution in [1.29, 1.82) is 5.41 Å². The number of hydrogen-bond donors (Lipinski definition) is 4. The van der Waals surface area contributed by atoms with Crippen LogP contribution in [0.1, 0.15) is 18.2 Å². The van der Waals surface area contributed by atoms with Crippen LogP contribution in [0.3, 0.4) is 0 Å². The highest BCUT2D eigenvalue weighted by Crippen LogP contribution is 2.31. The fourth-order valence-corrected chi connectivity index (χ4v) is 3.64. The first-order valence-corrected chi connectivity index (χ1v) is 10.5. The molecule has 5 nitrogen and oxygen atoms in total. The SMILES string of the molecule is C=Cc1nc(-c2cccc(-c3ccccc3)c2)nc(Nc2ccc(N)c(C(C)=N)c2)c1S. The highest BCUT2D eigenvalue weighted by Gasteiger charge is 2.13. The van der Waals surface area contributed by atoms with Gasteiger partial charge in [0.15, 0.2) is 5.82 Å². The molecular weight excluding hydrogens is 414 g/mol. The second-order valence-corrected chi connectivity index (χ2v) is 7.78. The molecule has 3 aromatic carbocycles. The molecule has 0 saturated carbocycles. The highest BCUT2D eigenvalue weighted by molar-refractivity contribution is 7.80. The molecule has 1 heterocycles. The zero-order chi connectivity index (χ0) is 22.7. The van der Waals surface area contributed by atoms with Gasteiger partial charge in [-0.05, 0) is 48.4 Å². The molecule has 158 valence electrons. The molecule has 0 aliphatic rings. The van der Waals surface area contributed by atoms with E-state index >= 15 is 0 Å². The maximum absolute atomic E-state index is 7.93. The molecule has 0 radical (unpaired) electrons. The lowest BCUT2D eigenvalue weighted by molar-refractivity contribution is 1.10. The third-order valence-electron chi connectivity index (χ3n) is 5.05. The van der Waals surface area contributed by atoms with Gasteiger partial charge in [0.2, 0.25) is 0 Å². The Morgan fingerprint density at radius 3 is 2.41 bits per heavy atom. The first-order valence-electron chi connectivity index (χ1n) is 10.1. The molecule has 4 aromatic rings. The molecule has 6 heteroatoms. The normalized spacial score (nSPS) is 10.6. The van der Waals surface area contributed by atoms with Gasteiger partial charge >= 0.3 is 0 Å². The van der Waals surface area contributed by atoms with Gasteiger partial charge in [-0.25, -0.2) is 9.97 Å². The summed E-state index contributed by atoms with van der Waals surface area (Å²) in [6.45, 7) is 5.58. The molecule has 4 rings (SSSR count). The maximum Gasteiger partial charge on any atom is 0.162 e. The van der Waals surface area contributed by atoms with Crippen molar-refractivity contribution in [2.75, 3.05) is 11.1 Å². The van der Waals surface area contributed by atoms with Crippen LogP contribution in [0.5, 0.6) is 0 Å². The van der Waals surface area contributed by atoms with Gasteiger partial charge in [0.25, 0.3) is 0 Å². The van der Waals surface area contributed by atoms with Crippen LogP contribution in [0, 0.1) is 5.41 Å². The number of rotatable bonds is 6. The monoisotopic (exact) mass is 437 g/mol. The Morgan fingerprint density at radius 1 is 0.969 bits per heavy atom. The van der Waals surface area contributed by atoms with E-state index in [1.165, 1.54) is 0 Å². The van der Waals surface area contributed by atoms with Crippen molar-refractivity contribution in [2.24, 2.45) is 0 Å². The van der Waals surface area contributed by atoms with E-state index in [1.54, 1.807) is 19.1 Å². The smallest absolute Gasteiger partial charge is 0.162 e. The van der Waals surface area contributed by atoms with Gasteiger partial charge in [-0.1, -0.05) is 55.1 Å². The van der Waals surface area contributed by atoms with E-state index in [4.69, 9.17) is 16.1 Å². The summed E-state index contributed by atoms with van der Waals surface area (Å²) in [5.74, 6) is 1.12. The summed E-state index contributed by atoms with van der Waals surface area (Å²) in [7, 11) is 0. The molecule has 0 aliphatic carbocycles. The minimum absolute atomic E-state index is 0.394. The molecule has 0 atom stereocenters. The fraction of sp³-hybridized carbons (Fsp3) is 0.0385. The second-order valence-electron chi connectivity index (χ2n) is 7.33. The zero-order valence-corrected chi connectivity index (χ0v) is 18.5. The molecule has 0 unspecified atom stereocenters. The first kappa shape index (κ1) is 21.3. The van der Waals surface area contributed by atoms with Crippen molar-refractivity contribution < 1.29 is 0 Å². The topological polar surface area (TPSA) is 87.7 Å². The van der Waals surface area contributed by atoms with Crippen LogP contribution >= 0.6 is 12.6 Å². The number of aromatic nitrogens is 2. The predicted octanol–water partition coefficient (Wildman–Crippen LogP) is 6.46. The van der Waals surface area contributed by atoms with Crippen molar-refractivity contribution in [1.82, 2.24) is 9.97 Å². The average Bonchev–Trinajstić information content (AvgIpc) is 2.82. The van der Waals surface area contributed by atoms with Crippen molar-refractivity contribution in [3.05, 3.63) is 90.6 Å². The number of anilines is 3. The van der Waals surface area contributed by atoms with Crippen LogP contribution in [0.2, 0.25) is 0 Å². The fourth-order valence-electron chi connectivity index (χ4n) is 3.39. The van der Waals surface area contributed by atoms with Crippen LogP contribution in [-0.2, 0) is 0 Å². The molecule has 0 aliphatic heterocycles. The third kappa shape index (κ3) is 4.40. The number of nitrogens with one attached hydrogen (secondary N) is 2. The highest BCUT2D eigenvalue weighted by atomic mass is 32.1. The van der Waals surface area contributed by atoms with Gasteiger partial charge in [-0.15, -0.1) is 12.6 Å². The van der Waals surface area contributed by atoms with Crippen LogP contribution in [0.4, 0.5) is 17.2 Å². The molecule has 0 spiro atoms. The van der Waals surface area contributed by atoms with Gasteiger partial charge in [0.1, 0.15) is 5.82 Å². The largest absolute Gasteiger partial charge is 0.398 e. The predicted molar refractivity (Wildman–Crippen MR) is 137 cm³/mol. The van der Waals surface area contributed by atoms with Gasteiger partial charge in [-0.2, -0.15) is 0 Å². The summed E-state index contributed by atoms with van der Waals surface area (Å²) >= 11 is 4.62. The van der Waals surface area contributed by atoms with Crippen LogP contribution < -0.4 is 11.1 Å². The number of nitrogens with zero attached hydrogens (tertiary/aromatic N) is 2. The number of hydrogen-bond acceptors (Lipinski definition) is 6. The average molecular weight is 438 g/mol. The number of nitrogens with two attached hydrogens (primary N) is 1. The van der Waals surface area contributed by atoms with Crippen LogP contribution in [-0.4, -0.2) is 15.7 Å². The Balaban J connectivity index is 1.77. The number of benzene rings is 3. The van der Waals surface area contributed by atoms with Crippen molar-refractivity contribution in [3.63, 3.8) is 0 Å². The number of thiol groups is 1. The van der Waals surface area contributed by atoms with Crippen molar-refractivity contribution in [3.8, 4) is 22.5 Å². The van der Waals surface area contributed by atoms with E-state index in [2.05, 4.69) is 53.8 Å². The lowest BCUT2D eigenvalue weighted by Crippen LogP contribution is -2.04. The van der Waals surface area contributed by atoms with Crippen molar-refractivity contribution in [2.45, 2.75) is 11.8 Å². The minimum Gasteiger partial charge on any atom is -0.398 e. The molecular formula is C26H23N5S. The van der Waals surface area contributed by atoms with E-state index in [9.17, 15) is 0 Å². The van der Waals surface area contributed by atoms with Gasteiger partial charge < -0.3 is 16.5 Å². The van der Waals surface area contributed by atoms with Crippen molar-refractivity contribution >= 4 is 41.6 Å². The quantitative estimate of drug-likeness (QED) is 0.158. The Labute approximate surface area is 193 Å². The Hall–Kier alpha value is -3.90. The third-order valence-corrected chi connectivity index (χ3v) is 5.49. The van der Waals surface area contributed by atoms with Gasteiger partial charge in [-0.3, -0.25) is 0 Å².